The van der Waals surface area contributed by atoms with Gasteiger partial charge in [-0.2, -0.15) is 0 Å². The maximum Gasteiger partial charge on any atom is 0.222 e. The number of rotatable bonds is 1. The van der Waals surface area contributed by atoms with Crippen LogP contribution in [0, 0.1) is 0 Å². The van der Waals surface area contributed by atoms with E-state index < -0.39 is 0 Å². The Bertz CT molecular complexity index is 271. The van der Waals surface area contributed by atoms with Gasteiger partial charge in [-0.15, -0.1) is 0 Å². The highest BCUT2D eigenvalue weighted by Gasteiger charge is 2.23. The van der Waals surface area contributed by atoms with Crippen molar-refractivity contribution in [2.75, 3.05) is 25.9 Å². The van der Waals surface area contributed by atoms with Crippen LogP contribution in [0.4, 0.5) is 5.88 Å². The number of nitrogens with two attached hydrogens (primary N) is 1. The van der Waals surface area contributed by atoms with Gasteiger partial charge in [0.05, 0.1) is 5.69 Å². The number of likely N-dealkylation sites (tertiary alicyclic amines) is 1. The van der Waals surface area contributed by atoms with E-state index in [2.05, 4.69) is 17.1 Å². The molecule has 66 valence electrons. The van der Waals surface area contributed by atoms with Gasteiger partial charge in [-0.05, 0) is 20.0 Å². The minimum Gasteiger partial charge on any atom is -0.368 e. The molecule has 12 heavy (non-hydrogen) atoms. The summed E-state index contributed by atoms with van der Waals surface area (Å²) in [5.41, 5.74) is 6.44. The average Bonchev–Trinajstić information content (AvgIpc) is 2.58. The number of likely N-dealkylation sites (N-methyl/N-ethyl adjacent to an activating group) is 1. The minimum absolute atomic E-state index is 0.416. The van der Waals surface area contributed by atoms with Crippen LogP contribution in [0.15, 0.2) is 10.6 Å². The summed E-state index contributed by atoms with van der Waals surface area (Å²) in [4.78, 5) is 2.29. The first kappa shape index (κ1) is 7.61. The van der Waals surface area contributed by atoms with E-state index in [4.69, 9.17) is 10.3 Å². The molecule has 1 atom stereocenters. The average molecular weight is 167 g/mol. The second-order valence-electron chi connectivity index (χ2n) is 3.40. The highest BCUT2D eigenvalue weighted by Crippen LogP contribution is 2.25. The molecule has 1 aliphatic rings. The van der Waals surface area contributed by atoms with Crippen molar-refractivity contribution in [3.63, 3.8) is 0 Å². The zero-order chi connectivity index (χ0) is 8.55. The molecule has 0 aliphatic carbocycles. The van der Waals surface area contributed by atoms with E-state index in [1.165, 1.54) is 0 Å². The van der Waals surface area contributed by atoms with Crippen LogP contribution in [-0.2, 0) is 0 Å². The van der Waals surface area contributed by atoms with Gasteiger partial charge in [-0.1, -0.05) is 5.16 Å². The molecule has 2 rings (SSSR count). The summed E-state index contributed by atoms with van der Waals surface area (Å²) in [6.45, 7) is 2.20. The molecule has 1 aromatic heterocycles. The van der Waals surface area contributed by atoms with E-state index in [0.29, 0.717) is 11.8 Å². The molecule has 1 aliphatic heterocycles. The second kappa shape index (κ2) is 2.79. The van der Waals surface area contributed by atoms with E-state index in [9.17, 15) is 0 Å². The van der Waals surface area contributed by atoms with Crippen molar-refractivity contribution in [3.8, 4) is 0 Å². The van der Waals surface area contributed by atoms with Crippen LogP contribution in [0.3, 0.4) is 0 Å². The van der Waals surface area contributed by atoms with E-state index >= 15 is 0 Å². The van der Waals surface area contributed by atoms with Gasteiger partial charge < -0.3 is 15.2 Å². The third kappa shape index (κ3) is 1.30. The molecule has 2 heterocycles. The van der Waals surface area contributed by atoms with E-state index in [1.54, 1.807) is 0 Å². The van der Waals surface area contributed by atoms with E-state index in [1.807, 2.05) is 6.07 Å². The van der Waals surface area contributed by atoms with Crippen LogP contribution in [0.2, 0.25) is 0 Å². The van der Waals surface area contributed by atoms with Gasteiger partial charge >= 0.3 is 0 Å². The van der Waals surface area contributed by atoms with Crippen LogP contribution in [0.5, 0.6) is 0 Å². The number of hydrogen-bond acceptors (Lipinski definition) is 4. The van der Waals surface area contributed by atoms with Gasteiger partial charge in [0.2, 0.25) is 5.88 Å². The second-order valence-corrected chi connectivity index (χ2v) is 3.40. The molecule has 0 spiro atoms. The summed E-state index contributed by atoms with van der Waals surface area (Å²) in [5, 5.41) is 3.91. The van der Waals surface area contributed by atoms with Gasteiger partial charge in [-0.3, -0.25) is 0 Å². The Kier molecular flexibility index (Phi) is 1.77. The van der Waals surface area contributed by atoms with Crippen molar-refractivity contribution in [1.82, 2.24) is 10.1 Å². The fraction of sp³-hybridized carbons (Fsp3) is 0.625. The fourth-order valence-electron chi connectivity index (χ4n) is 1.67. The van der Waals surface area contributed by atoms with E-state index in [-0.39, 0.29) is 0 Å². The molecule has 0 amide bonds. The summed E-state index contributed by atoms with van der Waals surface area (Å²) >= 11 is 0. The van der Waals surface area contributed by atoms with Crippen molar-refractivity contribution in [1.29, 1.82) is 0 Å². The lowest BCUT2D eigenvalue weighted by Gasteiger charge is -2.05. The summed E-state index contributed by atoms with van der Waals surface area (Å²) < 4.78 is 4.82. The van der Waals surface area contributed by atoms with Crippen LogP contribution in [0.25, 0.3) is 0 Å². The Balaban J connectivity index is 2.11. The Hall–Kier alpha value is -1.03. The van der Waals surface area contributed by atoms with Gasteiger partial charge in [0.15, 0.2) is 0 Å². The lowest BCUT2D eigenvalue weighted by Crippen LogP contribution is -2.13. The number of hydrogen-bond donors (Lipinski definition) is 1. The third-order valence-electron chi connectivity index (χ3n) is 2.36. The Morgan fingerprint density at radius 3 is 3.08 bits per heavy atom. The maximum atomic E-state index is 5.44. The van der Waals surface area contributed by atoms with Gasteiger partial charge in [0, 0.05) is 18.5 Å². The monoisotopic (exact) mass is 167 g/mol. The molecule has 1 unspecified atom stereocenters. The number of nitrogens with zero attached hydrogens (tertiary/aromatic N) is 2. The van der Waals surface area contributed by atoms with Crippen molar-refractivity contribution >= 4 is 5.88 Å². The molecule has 0 radical (unpaired) electrons. The van der Waals surface area contributed by atoms with E-state index in [0.717, 1.165) is 25.2 Å². The summed E-state index contributed by atoms with van der Waals surface area (Å²) in [6, 6.07) is 1.82. The molecule has 1 saturated heterocycles. The fourth-order valence-corrected chi connectivity index (χ4v) is 1.67. The van der Waals surface area contributed by atoms with Crippen molar-refractivity contribution in [2.45, 2.75) is 12.3 Å². The molecule has 1 fully saturated rings. The van der Waals surface area contributed by atoms with Gasteiger partial charge in [0.25, 0.3) is 0 Å². The molecule has 0 bridgehead atoms. The largest absolute Gasteiger partial charge is 0.368 e. The first-order chi connectivity index (χ1) is 5.75. The van der Waals surface area contributed by atoms with Crippen molar-refractivity contribution in [2.24, 2.45) is 0 Å². The predicted molar refractivity (Wildman–Crippen MR) is 45.8 cm³/mol. The smallest absolute Gasteiger partial charge is 0.222 e. The standard InChI is InChI=1S/C8H13N3O/c1-11-3-2-6(5-11)7-4-8(9)12-10-7/h4,6H,2-3,5,9H2,1H3. The first-order valence-corrected chi connectivity index (χ1v) is 4.16. The highest BCUT2D eigenvalue weighted by molar-refractivity contribution is 5.26. The normalized spacial score (nSPS) is 24.9. The molecular weight excluding hydrogens is 154 g/mol. The van der Waals surface area contributed by atoms with Crippen molar-refractivity contribution < 1.29 is 4.52 Å². The maximum absolute atomic E-state index is 5.44. The Labute approximate surface area is 71.3 Å². The van der Waals surface area contributed by atoms with Crippen LogP contribution in [-0.4, -0.2) is 30.2 Å². The third-order valence-corrected chi connectivity index (χ3v) is 2.36. The lowest BCUT2D eigenvalue weighted by atomic mass is 10.1. The number of aromatic nitrogens is 1. The summed E-state index contributed by atoms with van der Waals surface area (Å²) in [5.74, 6) is 0.926. The minimum atomic E-state index is 0.416. The highest BCUT2D eigenvalue weighted by atomic mass is 16.5. The molecule has 4 nitrogen and oxygen atoms in total. The van der Waals surface area contributed by atoms with Gasteiger partial charge in [0.1, 0.15) is 0 Å². The topological polar surface area (TPSA) is 55.3 Å². The molecule has 0 aromatic carbocycles. The lowest BCUT2D eigenvalue weighted by molar-refractivity contribution is 0.398. The summed E-state index contributed by atoms with van der Waals surface area (Å²) in [6.07, 6.45) is 1.16. The molecule has 2 N–H and O–H groups in total. The Morgan fingerprint density at radius 2 is 2.58 bits per heavy atom. The molecule has 1 aromatic rings. The number of nitrogen functional groups attached to an aromatic ring is 1. The summed E-state index contributed by atoms with van der Waals surface area (Å²) in [7, 11) is 2.11. The molecule has 0 saturated carbocycles. The van der Waals surface area contributed by atoms with Crippen LogP contribution >= 0.6 is 0 Å². The molecule has 4 heteroatoms. The quantitative estimate of drug-likeness (QED) is 0.668. The van der Waals surface area contributed by atoms with Crippen LogP contribution in [0.1, 0.15) is 18.0 Å². The molecular formula is C8H13N3O. The van der Waals surface area contributed by atoms with Crippen molar-refractivity contribution in [3.05, 3.63) is 11.8 Å². The predicted octanol–water partition coefficient (Wildman–Crippen LogP) is 0.676. The van der Waals surface area contributed by atoms with Gasteiger partial charge in [-0.25, -0.2) is 0 Å². The van der Waals surface area contributed by atoms with Crippen LogP contribution < -0.4 is 5.73 Å². The Morgan fingerprint density at radius 1 is 1.75 bits per heavy atom. The number of anilines is 1. The zero-order valence-corrected chi connectivity index (χ0v) is 7.16. The zero-order valence-electron chi connectivity index (χ0n) is 7.16. The first-order valence-electron chi connectivity index (χ1n) is 4.16. The SMILES string of the molecule is CN1CCC(c2cc(N)on2)C1.